The Hall–Kier alpha value is -0.920. The number of allylic oxidation sites excluding steroid dienone is 1. The lowest BCUT2D eigenvalue weighted by Gasteiger charge is -2.48. The van der Waals surface area contributed by atoms with Crippen molar-refractivity contribution in [3.8, 4) is 0 Å². The molecule has 2 saturated carbocycles. The molecule has 0 spiro atoms. The quantitative estimate of drug-likeness (QED) is 0.458. The molecule has 0 N–H and O–H groups in total. The number of aliphatic imine (C=N–C) groups is 2. The molecule has 2 fully saturated rings. The number of hydrogen-bond acceptors (Lipinski definition) is 2. The van der Waals surface area contributed by atoms with Crippen LogP contribution in [0, 0.1) is 17.3 Å². The van der Waals surface area contributed by atoms with Crippen molar-refractivity contribution >= 4 is 12.4 Å². The minimum atomic E-state index is 0.295. The average molecular weight is 246 g/mol. The first-order valence-electron chi connectivity index (χ1n) is 7.35. The third kappa shape index (κ3) is 2.73. The Bertz CT molecular complexity index is 337. The van der Waals surface area contributed by atoms with E-state index in [4.69, 9.17) is 4.99 Å². The summed E-state index contributed by atoms with van der Waals surface area (Å²) in [6, 6.07) is 0. The van der Waals surface area contributed by atoms with Crippen molar-refractivity contribution in [1.29, 1.82) is 0 Å². The molecule has 0 amide bonds. The highest BCUT2D eigenvalue weighted by molar-refractivity contribution is 5.91. The summed E-state index contributed by atoms with van der Waals surface area (Å²) >= 11 is 0. The van der Waals surface area contributed by atoms with Gasteiger partial charge >= 0.3 is 0 Å². The molecule has 2 heteroatoms. The highest BCUT2D eigenvalue weighted by Crippen LogP contribution is 2.51. The first-order valence-corrected chi connectivity index (χ1v) is 7.35. The van der Waals surface area contributed by atoms with Gasteiger partial charge in [0.05, 0.1) is 6.54 Å². The molecule has 0 heterocycles. The van der Waals surface area contributed by atoms with E-state index < -0.39 is 0 Å². The molecule has 100 valence electrons. The predicted molar refractivity (Wildman–Crippen MR) is 79.7 cm³/mol. The summed E-state index contributed by atoms with van der Waals surface area (Å²) in [7, 11) is 0. The minimum absolute atomic E-state index is 0.295. The summed E-state index contributed by atoms with van der Waals surface area (Å²) in [5, 5.41) is 0. The Balaban J connectivity index is 1.99. The van der Waals surface area contributed by atoms with Gasteiger partial charge in [-0.1, -0.05) is 25.8 Å². The summed E-state index contributed by atoms with van der Waals surface area (Å²) in [6.07, 6.45) is 9.92. The van der Waals surface area contributed by atoms with Crippen LogP contribution in [-0.4, -0.2) is 25.5 Å². The van der Waals surface area contributed by atoms with Gasteiger partial charge in [-0.15, -0.1) is 6.58 Å². The maximum atomic E-state index is 4.84. The van der Waals surface area contributed by atoms with Crippen LogP contribution in [0.2, 0.25) is 0 Å². The van der Waals surface area contributed by atoms with Crippen LogP contribution in [0.4, 0.5) is 0 Å². The molecule has 0 saturated heterocycles. The number of hydrogen-bond donors (Lipinski definition) is 0. The molecule has 2 nitrogen and oxygen atoms in total. The summed E-state index contributed by atoms with van der Waals surface area (Å²) in [6.45, 7) is 11.6. The molecule has 2 rings (SSSR count). The lowest BCUT2D eigenvalue weighted by molar-refractivity contribution is 0.136. The Kier molecular flexibility index (Phi) is 4.36. The summed E-state index contributed by atoms with van der Waals surface area (Å²) in [5.74, 6) is 1.54. The van der Waals surface area contributed by atoms with E-state index >= 15 is 0 Å². The molecule has 18 heavy (non-hydrogen) atoms. The van der Waals surface area contributed by atoms with Crippen LogP contribution in [0.25, 0.3) is 0 Å². The molecule has 0 aromatic carbocycles. The zero-order valence-corrected chi connectivity index (χ0v) is 11.7. The first kappa shape index (κ1) is 13.5. The lowest BCUT2D eigenvalue weighted by atomic mass is 9.57. The van der Waals surface area contributed by atoms with Gasteiger partial charge in [0.2, 0.25) is 0 Å². The highest BCUT2D eigenvalue weighted by atomic mass is 14.8. The summed E-state index contributed by atoms with van der Waals surface area (Å²) in [5.41, 5.74) is 1.57. The maximum absolute atomic E-state index is 4.84. The van der Waals surface area contributed by atoms with Crippen molar-refractivity contribution in [1.82, 2.24) is 0 Å². The van der Waals surface area contributed by atoms with E-state index in [1.807, 2.05) is 0 Å². The van der Waals surface area contributed by atoms with Crippen molar-refractivity contribution in [2.24, 2.45) is 27.2 Å². The van der Waals surface area contributed by atoms with E-state index in [-0.39, 0.29) is 0 Å². The van der Waals surface area contributed by atoms with E-state index in [1.54, 1.807) is 0 Å². The zero-order valence-electron chi connectivity index (χ0n) is 11.7. The molecule has 0 aromatic heterocycles. The van der Waals surface area contributed by atoms with Crippen LogP contribution in [0.1, 0.15) is 45.4 Å². The minimum Gasteiger partial charge on any atom is -0.295 e. The van der Waals surface area contributed by atoms with Crippen molar-refractivity contribution in [2.75, 3.05) is 13.1 Å². The maximum Gasteiger partial charge on any atom is 0.0764 e. The van der Waals surface area contributed by atoms with Gasteiger partial charge in [0, 0.05) is 18.2 Å². The summed E-state index contributed by atoms with van der Waals surface area (Å²) in [4.78, 5) is 8.91. The fourth-order valence-corrected chi connectivity index (χ4v) is 3.15. The average Bonchev–Trinajstić information content (AvgIpc) is 3.14. The molecule has 0 aromatic rings. The second kappa shape index (κ2) is 5.81. The zero-order chi connectivity index (χ0) is 13.0. The number of rotatable bonds is 8. The van der Waals surface area contributed by atoms with Crippen LogP contribution in [0.15, 0.2) is 22.6 Å². The van der Waals surface area contributed by atoms with Crippen LogP contribution in [-0.2, 0) is 0 Å². The Morgan fingerprint density at radius 3 is 2.61 bits per heavy atom. The van der Waals surface area contributed by atoms with E-state index in [0.717, 1.165) is 12.5 Å². The normalized spacial score (nSPS) is 31.8. The Labute approximate surface area is 111 Å². The van der Waals surface area contributed by atoms with E-state index in [1.165, 1.54) is 44.2 Å². The molecular formula is C16H26N2. The number of nitrogens with zero attached hydrogens (tertiary/aromatic N) is 2. The predicted octanol–water partition coefficient (Wildman–Crippen LogP) is 3.92. The third-order valence-electron chi connectivity index (χ3n) is 4.88. The van der Waals surface area contributed by atoms with Gasteiger partial charge < -0.3 is 0 Å². The van der Waals surface area contributed by atoms with Crippen LogP contribution >= 0.6 is 0 Å². The Morgan fingerprint density at radius 1 is 1.39 bits per heavy atom. The highest BCUT2D eigenvalue weighted by Gasteiger charge is 2.45. The second-order valence-electron chi connectivity index (χ2n) is 5.87. The SMILES string of the molecule is C=CC1(CC)CCC1C(CN=C)=NCCC1CC1. The third-order valence-corrected chi connectivity index (χ3v) is 4.88. The van der Waals surface area contributed by atoms with Gasteiger partial charge in [-0.3, -0.25) is 9.98 Å². The van der Waals surface area contributed by atoms with Gasteiger partial charge in [-0.2, -0.15) is 0 Å². The molecule has 2 aliphatic carbocycles. The molecule has 0 bridgehead atoms. The van der Waals surface area contributed by atoms with Gasteiger partial charge in [0.15, 0.2) is 0 Å². The molecular weight excluding hydrogens is 220 g/mol. The molecule has 0 aliphatic heterocycles. The van der Waals surface area contributed by atoms with Gasteiger partial charge in [-0.05, 0) is 43.7 Å². The van der Waals surface area contributed by atoms with E-state index in [9.17, 15) is 0 Å². The second-order valence-corrected chi connectivity index (χ2v) is 5.87. The smallest absolute Gasteiger partial charge is 0.0764 e. The lowest BCUT2D eigenvalue weighted by Crippen LogP contribution is -2.44. The van der Waals surface area contributed by atoms with Crippen molar-refractivity contribution in [2.45, 2.75) is 45.4 Å². The van der Waals surface area contributed by atoms with Crippen LogP contribution < -0.4 is 0 Å². The van der Waals surface area contributed by atoms with E-state index in [2.05, 4.69) is 31.3 Å². The van der Waals surface area contributed by atoms with Crippen molar-refractivity contribution < 1.29 is 0 Å². The van der Waals surface area contributed by atoms with Crippen LogP contribution in [0.3, 0.4) is 0 Å². The Morgan fingerprint density at radius 2 is 2.17 bits per heavy atom. The van der Waals surface area contributed by atoms with E-state index in [0.29, 0.717) is 17.9 Å². The largest absolute Gasteiger partial charge is 0.295 e. The summed E-state index contributed by atoms with van der Waals surface area (Å²) < 4.78 is 0. The van der Waals surface area contributed by atoms with Gasteiger partial charge in [0.1, 0.15) is 0 Å². The fraction of sp³-hybridized carbons (Fsp3) is 0.750. The van der Waals surface area contributed by atoms with Crippen LogP contribution in [0.5, 0.6) is 0 Å². The monoisotopic (exact) mass is 246 g/mol. The molecule has 2 aliphatic rings. The molecule has 2 unspecified atom stereocenters. The molecule has 0 radical (unpaired) electrons. The van der Waals surface area contributed by atoms with Gasteiger partial charge in [-0.25, -0.2) is 0 Å². The van der Waals surface area contributed by atoms with Crippen molar-refractivity contribution in [3.05, 3.63) is 12.7 Å². The standard InChI is InChI=1S/C16H26N2/c1-4-16(5-2)10-8-14(16)15(12-17-3)18-11-9-13-6-7-13/h4,13-14H,1,3,5-12H2,2H3. The van der Waals surface area contributed by atoms with Gasteiger partial charge in [0.25, 0.3) is 0 Å². The first-order chi connectivity index (χ1) is 8.75. The fourth-order valence-electron chi connectivity index (χ4n) is 3.15. The molecule has 2 atom stereocenters. The van der Waals surface area contributed by atoms with Crippen molar-refractivity contribution in [3.63, 3.8) is 0 Å². The topological polar surface area (TPSA) is 24.7 Å².